The number of hydrogen-bond donors (Lipinski definition) is 2. The van der Waals surface area contributed by atoms with Crippen LogP contribution in [0, 0.1) is 11.3 Å². The van der Waals surface area contributed by atoms with Gasteiger partial charge < -0.3 is 10.4 Å². The minimum atomic E-state index is -0.580. The summed E-state index contributed by atoms with van der Waals surface area (Å²) in [6, 6.07) is 0. The normalized spacial score (nSPS) is 32.8. The zero-order valence-corrected chi connectivity index (χ0v) is 7.18. The van der Waals surface area contributed by atoms with Crippen LogP contribution in [0.5, 0.6) is 0 Å². The Morgan fingerprint density at radius 2 is 2.00 bits per heavy atom. The van der Waals surface area contributed by atoms with Gasteiger partial charge >= 0.3 is 5.97 Å². The summed E-state index contributed by atoms with van der Waals surface area (Å²) in [5.74, 6) is -0.622. The molecule has 0 aromatic carbocycles. The smallest absolute Gasteiger partial charge is 0.307 e. The molecule has 2 fully saturated rings. The zero-order chi connectivity index (χ0) is 8.60. The molecule has 3 heteroatoms. The van der Waals surface area contributed by atoms with Gasteiger partial charge in [-0.1, -0.05) is 0 Å². The summed E-state index contributed by atoms with van der Waals surface area (Å²) in [6.07, 6.45) is 4.15. The minimum absolute atomic E-state index is 0.0420. The first-order chi connectivity index (χ1) is 5.75. The molecule has 2 N–H and O–H groups in total. The van der Waals surface area contributed by atoms with Gasteiger partial charge in [-0.05, 0) is 44.2 Å². The van der Waals surface area contributed by atoms with Crippen molar-refractivity contribution in [3.05, 3.63) is 0 Å². The molecule has 0 aromatic rings. The van der Waals surface area contributed by atoms with E-state index in [1.807, 2.05) is 0 Å². The highest BCUT2D eigenvalue weighted by Gasteiger charge is 2.50. The van der Waals surface area contributed by atoms with Crippen LogP contribution >= 0.6 is 0 Å². The fraction of sp³-hybridized carbons (Fsp3) is 0.889. The molecule has 1 aliphatic heterocycles. The SMILES string of the molecule is O=C(O)C1CCC12CCNCC2. The lowest BCUT2D eigenvalue weighted by Crippen LogP contribution is -2.50. The van der Waals surface area contributed by atoms with E-state index >= 15 is 0 Å². The first-order valence-corrected chi connectivity index (χ1v) is 4.68. The first-order valence-electron chi connectivity index (χ1n) is 4.68. The second-order valence-electron chi connectivity index (χ2n) is 4.04. The average molecular weight is 169 g/mol. The van der Waals surface area contributed by atoms with Crippen LogP contribution in [0.15, 0.2) is 0 Å². The summed E-state index contributed by atoms with van der Waals surface area (Å²) in [7, 11) is 0. The van der Waals surface area contributed by atoms with Crippen molar-refractivity contribution in [1.29, 1.82) is 0 Å². The van der Waals surface area contributed by atoms with Crippen LogP contribution in [0.2, 0.25) is 0 Å². The molecule has 2 rings (SSSR count). The van der Waals surface area contributed by atoms with Crippen LogP contribution in [0.1, 0.15) is 25.7 Å². The van der Waals surface area contributed by atoms with E-state index in [2.05, 4.69) is 5.32 Å². The number of rotatable bonds is 1. The zero-order valence-electron chi connectivity index (χ0n) is 7.18. The van der Waals surface area contributed by atoms with E-state index in [0.29, 0.717) is 0 Å². The maximum atomic E-state index is 10.8. The lowest BCUT2D eigenvalue weighted by molar-refractivity contribution is -0.156. The van der Waals surface area contributed by atoms with Gasteiger partial charge in [0.25, 0.3) is 0 Å². The molecule has 1 atom stereocenters. The average Bonchev–Trinajstić information content (AvgIpc) is 2.03. The molecule has 1 aliphatic carbocycles. The summed E-state index contributed by atoms with van der Waals surface area (Å²) in [6.45, 7) is 2.01. The molecule has 68 valence electrons. The molecule has 1 unspecified atom stereocenters. The molecular weight excluding hydrogens is 154 g/mol. The molecule has 1 spiro atoms. The van der Waals surface area contributed by atoms with Gasteiger partial charge in [0.1, 0.15) is 0 Å². The Morgan fingerprint density at radius 3 is 2.42 bits per heavy atom. The van der Waals surface area contributed by atoms with Crippen LogP contribution < -0.4 is 5.32 Å². The number of carboxylic acid groups (broad SMARTS) is 1. The van der Waals surface area contributed by atoms with Crippen molar-refractivity contribution in [3.63, 3.8) is 0 Å². The molecule has 1 heterocycles. The monoisotopic (exact) mass is 169 g/mol. The Balaban J connectivity index is 2.05. The summed E-state index contributed by atoms with van der Waals surface area (Å²) >= 11 is 0. The molecule has 3 nitrogen and oxygen atoms in total. The Hall–Kier alpha value is -0.570. The van der Waals surface area contributed by atoms with Gasteiger partial charge in [-0.15, -0.1) is 0 Å². The quantitative estimate of drug-likeness (QED) is 0.612. The van der Waals surface area contributed by atoms with Crippen molar-refractivity contribution in [2.75, 3.05) is 13.1 Å². The van der Waals surface area contributed by atoms with Gasteiger partial charge in [-0.25, -0.2) is 0 Å². The van der Waals surface area contributed by atoms with Gasteiger partial charge in [0.2, 0.25) is 0 Å². The van der Waals surface area contributed by atoms with Crippen molar-refractivity contribution < 1.29 is 9.90 Å². The fourth-order valence-electron chi connectivity index (χ4n) is 2.61. The van der Waals surface area contributed by atoms with Gasteiger partial charge in [-0.3, -0.25) is 4.79 Å². The minimum Gasteiger partial charge on any atom is -0.481 e. The maximum Gasteiger partial charge on any atom is 0.307 e. The number of piperidine rings is 1. The Labute approximate surface area is 72.2 Å². The molecule has 0 bridgehead atoms. The first kappa shape index (κ1) is 8.05. The molecule has 2 aliphatic rings. The number of hydrogen-bond acceptors (Lipinski definition) is 2. The summed E-state index contributed by atoms with van der Waals surface area (Å²) in [5, 5.41) is 12.2. The van der Waals surface area contributed by atoms with E-state index in [1.54, 1.807) is 0 Å². The molecule has 0 amide bonds. The number of carbonyl (C=O) groups is 1. The van der Waals surface area contributed by atoms with Gasteiger partial charge in [0.05, 0.1) is 5.92 Å². The van der Waals surface area contributed by atoms with Crippen LogP contribution in [0.4, 0.5) is 0 Å². The van der Waals surface area contributed by atoms with E-state index in [4.69, 9.17) is 5.11 Å². The largest absolute Gasteiger partial charge is 0.481 e. The summed E-state index contributed by atoms with van der Waals surface area (Å²) in [4.78, 5) is 10.8. The highest BCUT2D eigenvalue weighted by Crippen LogP contribution is 2.52. The summed E-state index contributed by atoms with van der Waals surface area (Å²) in [5.41, 5.74) is 0.178. The van der Waals surface area contributed by atoms with Crippen LogP contribution in [-0.4, -0.2) is 24.2 Å². The van der Waals surface area contributed by atoms with Crippen molar-refractivity contribution in [2.24, 2.45) is 11.3 Å². The van der Waals surface area contributed by atoms with Crippen LogP contribution in [0.25, 0.3) is 0 Å². The second kappa shape index (κ2) is 2.73. The van der Waals surface area contributed by atoms with E-state index in [-0.39, 0.29) is 11.3 Å². The third-order valence-electron chi connectivity index (χ3n) is 3.57. The molecule has 1 saturated heterocycles. The van der Waals surface area contributed by atoms with Crippen molar-refractivity contribution in [1.82, 2.24) is 5.32 Å². The van der Waals surface area contributed by atoms with Crippen LogP contribution in [-0.2, 0) is 4.79 Å². The third kappa shape index (κ3) is 1.04. The third-order valence-corrected chi connectivity index (χ3v) is 3.57. The predicted molar refractivity (Wildman–Crippen MR) is 44.9 cm³/mol. The fourth-order valence-corrected chi connectivity index (χ4v) is 2.61. The Bertz CT molecular complexity index is 197. The van der Waals surface area contributed by atoms with Crippen molar-refractivity contribution >= 4 is 5.97 Å². The van der Waals surface area contributed by atoms with E-state index < -0.39 is 5.97 Å². The topological polar surface area (TPSA) is 49.3 Å². The number of aliphatic carboxylic acids is 1. The van der Waals surface area contributed by atoms with Gasteiger partial charge in [0.15, 0.2) is 0 Å². The van der Waals surface area contributed by atoms with Gasteiger partial charge in [0, 0.05) is 0 Å². The molecular formula is C9H15NO2. The maximum absolute atomic E-state index is 10.8. The van der Waals surface area contributed by atoms with Gasteiger partial charge in [-0.2, -0.15) is 0 Å². The summed E-state index contributed by atoms with van der Waals surface area (Å²) < 4.78 is 0. The Morgan fingerprint density at radius 1 is 1.33 bits per heavy atom. The predicted octanol–water partition coefficient (Wildman–Crippen LogP) is 0.851. The molecule has 1 saturated carbocycles. The highest BCUT2D eigenvalue weighted by atomic mass is 16.4. The van der Waals surface area contributed by atoms with E-state index in [1.165, 1.54) is 0 Å². The standard InChI is InChI=1S/C9H15NO2/c11-8(12)7-1-2-9(7)3-5-10-6-4-9/h7,10H,1-6H2,(H,11,12). The van der Waals surface area contributed by atoms with Crippen molar-refractivity contribution in [2.45, 2.75) is 25.7 Å². The molecule has 12 heavy (non-hydrogen) atoms. The molecule has 0 aromatic heterocycles. The Kier molecular flexibility index (Phi) is 1.83. The lowest BCUT2D eigenvalue weighted by Gasteiger charge is -2.50. The molecule has 0 radical (unpaired) electrons. The highest BCUT2D eigenvalue weighted by molar-refractivity contribution is 5.72. The van der Waals surface area contributed by atoms with E-state index in [0.717, 1.165) is 38.8 Å². The van der Waals surface area contributed by atoms with Crippen LogP contribution in [0.3, 0.4) is 0 Å². The number of carboxylic acids is 1. The lowest BCUT2D eigenvalue weighted by atomic mass is 9.56. The van der Waals surface area contributed by atoms with E-state index in [9.17, 15) is 4.79 Å². The number of nitrogens with one attached hydrogen (secondary N) is 1. The van der Waals surface area contributed by atoms with Crippen molar-refractivity contribution in [3.8, 4) is 0 Å². The second-order valence-corrected chi connectivity index (χ2v) is 4.04.